The largest absolute Gasteiger partial charge is 0.461 e. The first kappa shape index (κ1) is 13.2. The highest BCUT2D eigenvalue weighted by atomic mass is 16.5. The summed E-state index contributed by atoms with van der Waals surface area (Å²) in [6.45, 7) is 12.7. The SMILES string of the molecule is C=C(C)C(=O)OCCN(C)C(C)(C)C. The molecule has 0 saturated heterocycles. The Morgan fingerprint density at radius 3 is 2.29 bits per heavy atom. The second kappa shape index (κ2) is 5.15. The van der Waals surface area contributed by atoms with Gasteiger partial charge in [0.15, 0.2) is 0 Å². The van der Waals surface area contributed by atoms with Crippen LogP contribution in [0.4, 0.5) is 0 Å². The van der Waals surface area contributed by atoms with Crippen LogP contribution in [0.3, 0.4) is 0 Å². The maximum absolute atomic E-state index is 11.0. The van der Waals surface area contributed by atoms with Gasteiger partial charge in [0.25, 0.3) is 0 Å². The summed E-state index contributed by atoms with van der Waals surface area (Å²) in [6.07, 6.45) is 0. The van der Waals surface area contributed by atoms with Gasteiger partial charge in [0, 0.05) is 17.7 Å². The van der Waals surface area contributed by atoms with Crippen LogP contribution in [0.2, 0.25) is 0 Å². The Morgan fingerprint density at radius 2 is 1.93 bits per heavy atom. The molecule has 0 atom stereocenters. The summed E-state index contributed by atoms with van der Waals surface area (Å²) in [4.78, 5) is 13.2. The minimum atomic E-state index is -0.313. The van der Waals surface area contributed by atoms with Crippen molar-refractivity contribution >= 4 is 5.97 Å². The molecule has 0 aromatic rings. The molecule has 0 heterocycles. The molecule has 0 bridgehead atoms. The smallest absolute Gasteiger partial charge is 0.333 e. The molecule has 0 aliphatic carbocycles. The van der Waals surface area contributed by atoms with E-state index < -0.39 is 0 Å². The van der Waals surface area contributed by atoms with Crippen LogP contribution in [0.15, 0.2) is 12.2 Å². The standard InChI is InChI=1S/C11H21NO2/c1-9(2)10(13)14-8-7-12(6)11(3,4)5/h1,7-8H2,2-6H3. The lowest BCUT2D eigenvalue weighted by Crippen LogP contribution is -2.40. The number of ether oxygens (including phenoxy) is 1. The van der Waals surface area contributed by atoms with E-state index in [4.69, 9.17) is 4.74 Å². The highest BCUT2D eigenvalue weighted by Gasteiger charge is 2.16. The first-order valence-electron chi connectivity index (χ1n) is 4.79. The van der Waals surface area contributed by atoms with Gasteiger partial charge in [-0.1, -0.05) is 6.58 Å². The molecule has 0 aliphatic heterocycles. The van der Waals surface area contributed by atoms with Crippen LogP contribution in [0, 0.1) is 0 Å². The second-order valence-corrected chi connectivity index (χ2v) is 4.51. The van der Waals surface area contributed by atoms with E-state index in [0.717, 1.165) is 6.54 Å². The molecule has 0 unspecified atom stereocenters. The van der Waals surface area contributed by atoms with Crippen LogP contribution in [-0.2, 0) is 9.53 Å². The van der Waals surface area contributed by atoms with Gasteiger partial charge in [0.2, 0.25) is 0 Å². The van der Waals surface area contributed by atoms with Crippen LogP contribution in [-0.4, -0.2) is 36.6 Å². The van der Waals surface area contributed by atoms with E-state index in [-0.39, 0.29) is 11.5 Å². The van der Waals surface area contributed by atoms with Crippen molar-refractivity contribution in [3.8, 4) is 0 Å². The van der Waals surface area contributed by atoms with E-state index >= 15 is 0 Å². The highest BCUT2D eigenvalue weighted by Crippen LogP contribution is 2.09. The van der Waals surface area contributed by atoms with Crippen LogP contribution in [0.5, 0.6) is 0 Å². The molecule has 3 heteroatoms. The molecule has 0 fully saturated rings. The Labute approximate surface area is 86.7 Å². The summed E-state index contributed by atoms with van der Waals surface area (Å²) in [5.41, 5.74) is 0.554. The van der Waals surface area contributed by atoms with Gasteiger partial charge in [-0.15, -0.1) is 0 Å². The summed E-state index contributed by atoms with van der Waals surface area (Å²) < 4.78 is 4.99. The van der Waals surface area contributed by atoms with Crippen LogP contribution in [0.25, 0.3) is 0 Å². The third-order valence-electron chi connectivity index (χ3n) is 2.15. The van der Waals surface area contributed by atoms with Crippen LogP contribution < -0.4 is 0 Å². The zero-order chi connectivity index (χ0) is 11.4. The predicted octanol–water partition coefficient (Wildman–Crippen LogP) is 1.84. The number of rotatable bonds is 4. The van der Waals surface area contributed by atoms with Gasteiger partial charge < -0.3 is 4.74 Å². The van der Waals surface area contributed by atoms with E-state index in [1.54, 1.807) is 6.92 Å². The van der Waals surface area contributed by atoms with Gasteiger partial charge in [-0.05, 0) is 34.7 Å². The number of hydrogen-bond donors (Lipinski definition) is 0. The molecule has 0 spiro atoms. The third-order valence-corrected chi connectivity index (χ3v) is 2.15. The van der Waals surface area contributed by atoms with Gasteiger partial charge in [0.05, 0.1) is 0 Å². The van der Waals surface area contributed by atoms with Crippen molar-refractivity contribution < 1.29 is 9.53 Å². The molecule has 3 nitrogen and oxygen atoms in total. The summed E-state index contributed by atoms with van der Waals surface area (Å²) in [5, 5.41) is 0. The van der Waals surface area contributed by atoms with Crippen molar-refractivity contribution in [3.05, 3.63) is 12.2 Å². The molecule has 14 heavy (non-hydrogen) atoms. The predicted molar refractivity (Wildman–Crippen MR) is 58.2 cm³/mol. The lowest BCUT2D eigenvalue weighted by atomic mass is 10.1. The van der Waals surface area contributed by atoms with Gasteiger partial charge in [-0.3, -0.25) is 4.90 Å². The average Bonchev–Trinajstić information content (AvgIpc) is 2.01. The van der Waals surface area contributed by atoms with E-state index in [1.165, 1.54) is 0 Å². The lowest BCUT2D eigenvalue weighted by molar-refractivity contribution is -0.139. The van der Waals surface area contributed by atoms with E-state index in [0.29, 0.717) is 12.2 Å². The molecule has 82 valence electrons. The first-order chi connectivity index (χ1) is 6.25. The molecule has 0 rings (SSSR count). The van der Waals surface area contributed by atoms with Crippen molar-refractivity contribution in [2.75, 3.05) is 20.2 Å². The fourth-order valence-corrected chi connectivity index (χ4v) is 0.734. The molecule has 0 amide bonds. The molecule has 0 aromatic heterocycles. The summed E-state index contributed by atoms with van der Waals surface area (Å²) in [6, 6.07) is 0. The number of carbonyl (C=O) groups excluding carboxylic acids is 1. The zero-order valence-electron chi connectivity index (χ0n) is 9.89. The van der Waals surface area contributed by atoms with E-state index in [9.17, 15) is 4.79 Å². The van der Waals surface area contributed by atoms with E-state index in [2.05, 4.69) is 32.3 Å². The first-order valence-corrected chi connectivity index (χ1v) is 4.79. The Bertz CT molecular complexity index is 216. The quantitative estimate of drug-likeness (QED) is 0.511. The van der Waals surface area contributed by atoms with Gasteiger partial charge in [-0.25, -0.2) is 4.79 Å². The lowest BCUT2D eigenvalue weighted by Gasteiger charge is -2.31. The molecule has 0 aliphatic rings. The maximum atomic E-state index is 11.0. The molecular formula is C11H21NO2. The molecule has 0 N–H and O–H groups in total. The topological polar surface area (TPSA) is 29.5 Å². The fourth-order valence-electron chi connectivity index (χ4n) is 0.734. The third kappa shape index (κ3) is 5.02. The average molecular weight is 199 g/mol. The van der Waals surface area contributed by atoms with Crippen molar-refractivity contribution in [1.29, 1.82) is 0 Å². The van der Waals surface area contributed by atoms with Gasteiger partial charge in [-0.2, -0.15) is 0 Å². The second-order valence-electron chi connectivity index (χ2n) is 4.51. The van der Waals surface area contributed by atoms with Crippen LogP contribution in [0.1, 0.15) is 27.7 Å². The normalized spacial score (nSPS) is 11.6. The maximum Gasteiger partial charge on any atom is 0.333 e. The molecule has 0 radical (unpaired) electrons. The van der Waals surface area contributed by atoms with Crippen molar-refractivity contribution in [2.45, 2.75) is 33.2 Å². The zero-order valence-corrected chi connectivity index (χ0v) is 9.89. The number of esters is 1. The fraction of sp³-hybridized carbons (Fsp3) is 0.727. The Kier molecular flexibility index (Phi) is 4.85. The number of likely N-dealkylation sites (N-methyl/N-ethyl adjacent to an activating group) is 1. The monoisotopic (exact) mass is 199 g/mol. The Morgan fingerprint density at radius 1 is 1.43 bits per heavy atom. The Hall–Kier alpha value is -0.830. The van der Waals surface area contributed by atoms with Crippen molar-refractivity contribution in [1.82, 2.24) is 4.90 Å². The van der Waals surface area contributed by atoms with Gasteiger partial charge >= 0.3 is 5.97 Å². The van der Waals surface area contributed by atoms with Crippen LogP contribution >= 0.6 is 0 Å². The minimum absolute atomic E-state index is 0.107. The van der Waals surface area contributed by atoms with Crippen molar-refractivity contribution in [2.24, 2.45) is 0 Å². The number of nitrogens with zero attached hydrogens (tertiary/aromatic N) is 1. The van der Waals surface area contributed by atoms with E-state index in [1.807, 2.05) is 7.05 Å². The Balaban J connectivity index is 3.76. The molecule has 0 saturated carbocycles. The number of carbonyl (C=O) groups is 1. The highest BCUT2D eigenvalue weighted by molar-refractivity contribution is 5.86. The summed E-state index contributed by atoms with van der Waals surface area (Å²) >= 11 is 0. The molecule has 0 aromatic carbocycles. The summed E-state index contributed by atoms with van der Waals surface area (Å²) in [7, 11) is 2.01. The minimum Gasteiger partial charge on any atom is -0.461 e. The van der Waals surface area contributed by atoms with Crippen molar-refractivity contribution in [3.63, 3.8) is 0 Å². The molecular weight excluding hydrogens is 178 g/mol. The van der Waals surface area contributed by atoms with Gasteiger partial charge in [0.1, 0.15) is 6.61 Å². The number of hydrogen-bond acceptors (Lipinski definition) is 3. The summed E-state index contributed by atoms with van der Waals surface area (Å²) in [5.74, 6) is -0.313.